The Morgan fingerprint density at radius 2 is 2.11 bits per heavy atom. The van der Waals surface area contributed by atoms with Crippen LogP contribution in [-0.4, -0.2) is 59.7 Å². The summed E-state index contributed by atoms with van der Waals surface area (Å²) in [5.41, 5.74) is 0. The van der Waals surface area contributed by atoms with Gasteiger partial charge in [-0.2, -0.15) is 0 Å². The van der Waals surface area contributed by atoms with Crippen molar-refractivity contribution in [2.45, 2.75) is 58.7 Å². The molecule has 2 rings (SSSR count). The number of hydrogen-bond donors (Lipinski definition) is 1. The van der Waals surface area contributed by atoms with Crippen molar-refractivity contribution in [1.82, 2.24) is 10.2 Å². The number of nitrogens with one attached hydrogen (secondary N) is 1. The Morgan fingerprint density at radius 1 is 1.39 bits per heavy atom. The molecule has 0 aromatic heterocycles. The van der Waals surface area contributed by atoms with Gasteiger partial charge in [0.05, 0.1) is 18.6 Å². The van der Waals surface area contributed by atoms with E-state index < -0.39 is 0 Å². The number of nitrogens with zero attached hydrogens (tertiary/aromatic N) is 2. The first-order chi connectivity index (χ1) is 8.47. The maximum Gasteiger partial charge on any atom is 0.417 e. The van der Waals surface area contributed by atoms with Crippen molar-refractivity contribution < 1.29 is 9.28 Å². The van der Waals surface area contributed by atoms with E-state index in [2.05, 4.69) is 37.9 Å². The van der Waals surface area contributed by atoms with Crippen LogP contribution in [0.25, 0.3) is 0 Å². The molecule has 2 heterocycles. The summed E-state index contributed by atoms with van der Waals surface area (Å²) in [6.07, 6.45) is 2.53. The largest absolute Gasteiger partial charge is 0.417 e. The minimum atomic E-state index is 0.237. The van der Waals surface area contributed by atoms with Gasteiger partial charge in [-0.15, -0.1) is 0 Å². The maximum atomic E-state index is 12.2. The second-order valence-electron chi connectivity index (χ2n) is 6.39. The number of hydrogen-bond acceptors (Lipinski definition) is 2. The lowest BCUT2D eigenvalue weighted by Gasteiger charge is -2.39. The molecular formula is C14H28N3O+. The van der Waals surface area contributed by atoms with Gasteiger partial charge >= 0.3 is 6.03 Å². The van der Waals surface area contributed by atoms with E-state index in [0.717, 1.165) is 19.6 Å². The van der Waals surface area contributed by atoms with Crippen molar-refractivity contribution in [1.29, 1.82) is 0 Å². The van der Waals surface area contributed by atoms with Gasteiger partial charge in [0, 0.05) is 6.04 Å². The van der Waals surface area contributed by atoms with Crippen molar-refractivity contribution in [3.8, 4) is 0 Å². The van der Waals surface area contributed by atoms with Crippen LogP contribution in [0.4, 0.5) is 4.79 Å². The highest BCUT2D eigenvalue weighted by Crippen LogP contribution is 2.27. The van der Waals surface area contributed by atoms with Crippen LogP contribution >= 0.6 is 0 Å². The van der Waals surface area contributed by atoms with Crippen LogP contribution in [0.5, 0.6) is 0 Å². The Bertz CT molecular complexity index is 316. The van der Waals surface area contributed by atoms with E-state index in [0.29, 0.717) is 22.6 Å². The molecular weight excluding hydrogens is 226 g/mol. The van der Waals surface area contributed by atoms with Gasteiger partial charge in [-0.05, 0) is 47.1 Å². The minimum absolute atomic E-state index is 0.237. The average molecular weight is 254 g/mol. The summed E-state index contributed by atoms with van der Waals surface area (Å²) in [5.74, 6) is 0. The maximum absolute atomic E-state index is 12.2. The van der Waals surface area contributed by atoms with Crippen LogP contribution in [0.3, 0.4) is 0 Å². The summed E-state index contributed by atoms with van der Waals surface area (Å²) in [6.45, 7) is 12.9. The van der Waals surface area contributed by atoms with Crippen LogP contribution in [0.2, 0.25) is 0 Å². The van der Waals surface area contributed by atoms with Gasteiger partial charge in [-0.3, -0.25) is 10.2 Å². The molecule has 1 N–H and O–H groups in total. The fourth-order valence-corrected chi connectivity index (χ4v) is 3.61. The fourth-order valence-electron chi connectivity index (χ4n) is 3.61. The van der Waals surface area contributed by atoms with Gasteiger partial charge in [0.25, 0.3) is 0 Å². The van der Waals surface area contributed by atoms with Crippen LogP contribution in [0.1, 0.15) is 40.5 Å². The standard InChI is InChI=1S/C14H27N3O/c1-11(2)16-8-5-6-13(16)10-17(12(3)4)9-7-15-14(17)18/h11-13H,5-10H2,1-4H3/p+1. The third-order valence-corrected chi connectivity index (χ3v) is 4.80. The smallest absolute Gasteiger partial charge is 0.300 e. The summed E-state index contributed by atoms with van der Waals surface area (Å²) in [5, 5.41) is 3.02. The normalized spacial score (nSPS) is 33.7. The number of likely N-dealkylation sites (tertiary alicyclic amines) is 1. The number of rotatable bonds is 4. The zero-order valence-corrected chi connectivity index (χ0v) is 12.3. The molecule has 2 amide bonds. The summed E-state index contributed by atoms with van der Waals surface area (Å²) >= 11 is 0. The molecule has 0 radical (unpaired) electrons. The van der Waals surface area contributed by atoms with E-state index in [9.17, 15) is 4.79 Å². The highest BCUT2D eigenvalue weighted by Gasteiger charge is 2.47. The molecule has 4 nitrogen and oxygen atoms in total. The summed E-state index contributed by atoms with van der Waals surface area (Å²) in [6, 6.07) is 1.79. The first-order valence-corrected chi connectivity index (χ1v) is 7.38. The Balaban J connectivity index is 2.12. The van der Waals surface area contributed by atoms with Gasteiger partial charge in [-0.1, -0.05) is 0 Å². The second-order valence-corrected chi connectivity index (χ2v) is 6.39. The predicted molar refractivity (Wildman–Crippen MR) is 73.4 cm³/mol. The molecule has 0 spiro atoms. The third-order valence-electron chi connectivity index (χ3n) is 4.80. The van der Waals surface area contributed by atoms with E-state index in [1.54, 1.807) is 0 Å². The first kappa shape index (κ1) is 13.8. The molecule has 2 aliphatic rings. The van der Waals surface area contributed by atoms with Crippen molar-refractivity contribution in [2.75, 3.05) is 26.2 Å². The van der Waals surface area contributed by atoms with Crippen LogP contribution in [0.15, 0.2) is 0 Å². The van der Waals surface area contributed by atoms with Crippen LogP contribution in [0, 0.1) is 0 Å². The molecule has 2 aliphatic heterocycles. The lowest BCUT2D eigenvalue weighted by atomic mass is 10.1. The Morgan fingerprint density at radius 3 is 2.61 bits per heavy atom. The Hall–Kier alpha value is -0.610. The van der Waals surface area contributed by atoms with Gasteiger partial charge in [-0.25, -0.2) is 9.28 Å². The Labute approximate surface area is 111 Å². The molecule has 0 bridgehead atoms. The molecule has 2 fully saturated rings. The van der Waals surface area contributed by atoms with E-state index in [1.165, 1.54) is 19.4 Å². The molecule has 2 unspecified atom stereocenters. The number of urea groups is 1. The average Bonchev–Trinajstić information content (AvgIpc) is 2.87. The molecule has 0 aromatic carbocycles. The second kappa shape index (κ2) is 5.17. The Kier molecular flexibility index (Phi) is 3.97. The number of carbonyl (C=O) groups is 1. The molecule has 104 valence electrons. The number of amides is 2. The van der Waals surface area contributed by atoms with Crippen molar-refractivity contribution >= 4 is 6.03 Å². The zero-order chi connectivity index (χ0) is 13.3. The van der Waals surface area contributed by atoms with E-state index in [1.807, 2.05) is 0 Å². The van der Waals surface area contributed by atoms with Gasteiger partial charge in [0.2, 0.25) is 0 Å². The van der Waals surface area contributed by atoms with Crippen molar-refractivity contribution in [3.05, 3.63) is 0 Å². The van der Waals surface area contributed by atoms with E-state index >= 15 is 0 Å². The minimum Gasteiger partial charge on any atom is -0.300 e. The van der Waals surface area contributed by atoms with Gasteiger partial charge in [0.1, 0.15) is 13.1 Å². The highest BCUT2D eigenvalue weighted by atomic mass is 16.2. The lowest BCUT2D eigenvalue weighted by Crippen LogP contribution is -2.60. The topological polar surface area (TPSA) is 32.3 Å². The van der Waals surface area contributed by atoms with Gasteiger partial charge < -0.3 is 0 Å². The molecule has 0 saturated carbocycles. The SMILES string of the molecule is CC(C)N1CCCC1C[N+]1(C(C)C)CCNC1=O. The number of carbonyl (C=O) groups excluding carboxylic acids is 1. The quantitative estimate of drug-likeness (QED) is 0.776. The van der Waals surface area contributed by atoms with Crippen LogP contribution < -0.4 is 5.32 Å². The van der Waals surface area contributed by atoms with E-state index in [4.69, 9.17) is 0 Å². The predicted octanol–water partition coefficient (Wildman–Crippen LogP) is 1.81. The first-order valence-electron chi connectivity index (χ1n) is 7.38. The molecule has 4 heteroatoms. The lowest BCUT2D eigenvalue weighted by molar-refractivity contribution is -0.864. The molecule has 0 aromatic rings. The molecule has 0 aliphatic carbocycles. The number of quaternary nitrogens is 1. The summed E-state index contributed by atoms with van der Waals surface area (Å²) in [7, 11) is 0. The van der Waals surface area contributed by atoms with Crippen LogP contribution in [-0.2, 0) is 0 Å². The van der Waals surface area contributed by atoms with E-state index in [-0.39, 0.29) is 6.03 Å². The van der Waals surface area contributed by atoms with Crippen molar-refractivity contribution in [2.24, 2.45) is 0 Å². The third kappa shape index (κ3) is 2.28. The molecule has 2 atom stereocenters. The summed E-state index contributed by atoms with van der Waals surface area (Å²) < 4.78 is 0.633. The van der Waals surface area contributed by atoms with Crippen molar-refractivity contribution in [3.63, 3.8) is 0 Å². The zero-order valence-electron chi connectivity index (χ0n) is 12.3. The molecule has 18 heavy (non-hydrogen) atoms. The van der Waals surface area contributed by atoms with Gasteiger partial charge in [0.15, 0.2) is 0 Å². The fraction of sp³-hybridized carbons (Fsp3) is 0.929. The monoisotopic (exact) mass is 254 g/mol. The summed E-state index contributed by atoms with van der Waals surface area (Å²) in [4.78, 5) is 14.8. The highest BCUT2D eigenvalue weighted by molar-refractivity contribution is 5.68. The molecule has 2 saturated heterocycles.